The predicted octanol–water partition coefficient (Wildman–Crippen LogP) is 3.54. The summed E-state index contributed by atoms with van der Waals surface area (Å²) in [4.78, 5) is 15.1. The summed E-state index contributed by atoms with van der Waals surface area (Å²) in [6, 6.07) is 12.0. The maximum Gasteiger partial charge on any atom is 0.303 e. The summed E-state index contributed by atoms with van der Waals surface area (Å²) in [7, 11) is 0. The van der Waals surface area contributed by atoms with E-state index in [2.05, 4.69) is 22.4 Å². The van der Waals surface area contributed by atoms with Crippen LogP contribution in [0.2, 0.25) is 0 Å². The third-order valence-electron chi connectivity index (χ3n) is 4.53. The number of aryl methyl sites for hydroxylation is 1. The van der Waals surface area contributed by atoms with Crippen LogP contribution in [0.5, 0.6) is 5.75 Å². The molecule has 1 aliphatic rings. The predicted molar refractivity (Wildman–Crippen MR) is 97.0 cm³/mol. The summed E-state index contributed by atoms with van der Waals surface area (Å²) in [6.45, 7) is 1.47. The van der Waals surface area contributed by atoms with E-state index in [0.717, 1.165) is 43.8 Å². The molecule has 1 unspecified atom stereocenters. The van der Waals surface area contributed by atoms with Crippen LogP contribution in [-0.2, 0) is 17.6 Å². The second kappa shape index (κ2) is 8.51. The minimum absolute atomic E-state index is 0.259. The number of aromatic nitrogens is 1. The second-order valence-corrected chi connectivity index (χ2v) is 6.48. The van der Waals surface area contributed by atoms with Crippen molar-refractivity contribution in [3.8, 4) is 5.75 Å². The lowest BCUT2D eigenvalue weighted by atomic mass is 9.82. The molecule has 1 aliphatic carbocycles. The molecule has 132 valence electrons. The maximum atomic E-state index is 10.9. The van der Waals surface area contributed by atoms with Crippen LogP contribution in [-0.4, -0.2) is 29.2 Å². The van der Waals surface area contributed by atoms with Crippen molar-refractivity contribution in [1.29, 1.82) is 0 Å². The van der Waals surface area contributed by atoms with Gasteiger partial charge in [0.25, 0.3) is 0 Å². The van der Waals surface area contributed by atoms with Crippen molar-refractivity contribution in [3.63, 3.8) is 0 Å². The van der Waals surface area contributed by atoms with E-state index in [9.17, 15) is 4.79 Å². The molecule has 0 fully saturated rings. The van der Waals surface area contributed by atoms with Gasteiger partial charge >= 0.3 is 5.97 Å². The van der Waals surface area contributed by atoms with E-state index >= 15 is 0 Å². The summed E-state index contributed by atoms with van der Waals surface area (Å²) in [6.07, 6.45) is 5.67. The van der Waals surface area contributed by atoms with Gasteiger partial charge in [0, 0.05) is 19.2 Å². The lowest BCUT2D eigenvalue weighted by Gasteiger charge is -2.24. The number of nitrogens with one attached hydrogen (secondary N) is 1. The van der Waals surface area contributed by atoms with E-state index < -0.39 is 5.97 Å². The quantitative estimate of drug-likeness (QED) is 0.719. The van der Waals surface area contributed by atoms with E-state index in [0.29, 0.717) is 6.61 Å². The zero-order valence-corrected chi connectivity index (χ0v) is 14.3. The van der Waals surface area contributed by atoms with Crippen LogP contribution in [0.1, 0.15) is 30.4 Å². The SMILES string of the molecule is O=C(O)CC1CCc2cc(OCCCNc3ccccn3)ccc2C1. The van der Waals surface area contributed by atoms with Gasteiger partial charge in [-0.3, -0.25) is 4.79 Å². The number of carbonyl (C=O) groups is 1. The molecular weight excluding hydrogens is 316 g/mol. The Morgan fingerprint density at radius 3 is 3.00 bits per heavy atom. The van der Waals surface area contributed by atoms with Gasteiger partial charge in [-0.05, 0) is 67.0 Å². The number of hydrogen-bond donors (Lipinski definition) is 2. The minimum atomic E-state index is -0.701. The van der Waals surface area contributed by atoms with E-state index in [1.807, 2.05) is 24.3 Å². The molecule has 0 saturated heterocycles. The second-order valence-electron chi connectivity index (χ2n) is 6.48. The Morgan fingerprint density at radius 2 is 2.20 bits per heavy atom. The highest BCUT2D eigenvalue weighted by Crippen LogP contribution is 2.30. The molecule has 0 amide bonds. The molecule has 5 heteroatoms. The molecule has 0 bridgehead atoms. The average Bonchev–Trinajstić information content (AvgIpc) is 2.62. The molecule has 2 N–H and O–H groups in total. The van der Waals surface area contributed by atoms with Crippen molar-refractivity contribution in [2.24, 2.45) is 5.92 Å². The average molecular weight is 340 g/mol. The van der Waals surface area contributed by atoms with Gasteiger partial charge in [0.15, 0.2) is 0 Å². The monoisotopic (exact) mass is 340 g/mol. The van der Waals surface area contributed by atoms with Crippen molar-refractivity contribution in [1.82, 2.24) is 4.98 Å². The van der Waals surface area contributed by atoms with Gasteiger partial charge in [0.1, 0.15) is 11.6 Å². The number of carboxylic acid groups (broad SMARTS) is 1. The third kappa shape index (κ3) is 5.21. The number of aliphatic carboxylic acids is 1. The molecule has 1 aromatic heterocycles. The van der Waals surface area contributed by atoms with Crippen molar-refractivity contribution in [2.45, 2.75) is 32.1 Å². The zero-order valence-electron chi connectivity index (χ0n) is 14.3. The van der Waals surface area contributed by atoms with Crippen molar-refractivity contribution in [3.05, 3.63) is 53.7 Å². The first-order valence-electron chi connectivity index (χ1n) is 8.82. The van der Waals surface area contributed by atoms with Crippen LogP contribution in [0, 0.1) is 5.92 Å². The summed E-state index contributed by atoms with van der Waals surface area (Å²) in [5.74, 6) is 1.34. The molecule has 2 aromatic rings. The summed E-state index contributed by atoms with van der Waals surface area (Å²) >= 11 is 0. The number of anilines is 1. The van der Waals surface area contributed by atoms with Crippen LogP contribution in [0.3, 0.4) is 0 Å². The number of hydrogen-bond acceptors (Lipinski definition) is 4. The first-order chi connectivity index (χ1) is 12.2. The molecule has 0 saturated carbocycles. The van der Waals surface area contributed by atoms with Gasteiger partial charge < -0.3 is 15.2 Å². The highest BCUT2D eigenvalue weighted by atomic mass is 16.5. The first-order valence-corrected chi connectivity index (χ1v) is 8.82. The molecule has 1 heterocycles. The van der Waals surface area contributed by atoms with Gasteiger partial charge in [-0.1, -0.05) is 12.1 Å². The van der Waals surface area contributed by atoms with Crippen molar-refractivity contribution in [2.75, 3.05) is 18.5 Å². The van der Waals surface area contributed by atoms with Gasteiger partial charge in [-0.25, -0.2) is 4.98 Å². The minimum Gasteiger partial charge on any atom is -0.494 e. The number of rotatable bonds is 8. The fourth-order valence-electron chi connectivity index (χ4n) is 3.26. The highest BCUT2D eigenvalue weighted by molar-refractivity contribution is 5.67. The molecule has 5 nitrogen and oxygen atoms in total. The number of pyridine rings is 1. The molecule has 1 atom stereocenters. The Hall–Kier alpha value is -2.56. The van der Waals surface area contributed by atoms with Crippen LogP contribution in [0.4, 0.5) is 5.82 Å². The van der Waals surface area contributed by atoms with Gasteiger partial charge in [0.05, 0.1) is 6.61 Å². The Kier molecular flexibility index (Phi) is 5.88. The van der Waals surface area contributed by atoms with Crippen molar-refractivity contribution >= 4 is 11.8 Å². The lowest BCUT2D eigenvalue weighted by molar-refractivity contribution is -0.138. The number of carboxylic acids is 1. The normalized spacial score (nSPS) is 16.1. The van der Waals surface area contributed by atoms with Gasteiger partial charge in [0.2, 0.25) is 0 Å². The topological polar surface area (TPSA) is 71.5 Å². The molecule has 3 rings (SSSR count). The van der Waals surface area contributed by atoms with Crippen LogP contribution in [0.15, 0.2) is 42.6 Å². The number of benzene rings is 1. The maximum absolute atomic E-state index is 10.9. The Labute approximate surface area is 148 Å². The van der Waals surface area contributed by atoms with Crippen LogP contribution < -0.4 is 10.1 Å². The lowest BCUT2D eigenvalue weighted by Crippen LogP contribution is -2.17. The summed E-state index contributed by atoms with van der Waals surface area (Å²) in [5.41, 5.74) is 2.56. The first kappa shape index (κ1) is 17.3. The fraction of sp³-hybridized carbons (Fsp3) is 0.400. The molecule has 0 radical (unpaired) electrons. The zero-order chi connectivity index (χ0) is 17.5. The summed E-state index contributed by atoms with van der Waals surface area (Å²) < 4.78 is 5.85. The molecule has 0 aliphatic heterocycles. The van der Waals surface area contributed by atoms with Gasteiger partial charge in [-0.15, -0.1) is 0 Å². The number of nitrogens with zero attached hydrogens (tertiary/aromatic N) is 1. The van der Waals surface area contributed by atoms with E-state index in [-0.39, 0.29) is 12.3 Å². The highest BCUT2D eigenvalue weighted by Gasteiger charge is 2.21. The van der Waals surface area contributed by atoms with E-state index in [1.165, 1.54) is 11.1 Å². The summed E-state index contributed by atoms with van der Waals surface area (Å²) in [5, 5.41) is 12.2. The van der Waals surface area contributed by atoms with Gasteiger partial charge in [-0.2, -0.15) is 0 Å². The number of fused-ring (bicyclic) bond motifs is 1. The third-order valence-corrected chi connectivity index (χ3v) is 4.53. The molecule has 25 heavy (non-hydrogen) atoms. The Morgan fingerprint density at radius 1 is 1.28 bits per heavy atom. The molecular formula is C20H24N2O3. The standard InChI is InChI=1S/C20H24N2O3/c23-20(24)13-15-5-6-17-14-18(8-7-16(17)12-15)25-11-3-10-22-19-4-1-2-9-21-19/h1-2,4,7-9,14-15H,3,5-6,10-13H2,(H,21,22)(H,23,24). The number of ether oxygens (including phenoxy) is 1. The van der Waals surface area contributed by atoms with Crippen molar-refractivity contribution < 1.29 is 14.6 Å². The van der Waals surface area contributed by atoms with E-state index in [1.54, 1.807) is 6.20 Å². The molecule has 1 aromatic carbocycles. The Balaban J connectivity index is 1.43. The largest absolute Gasteiger partial charge is 0.494 e. The van der Waals surface area contributed by atoms with E-state index in [4.69, 9.17) is 9.84 Å². The van der Waals surface area contributed by atoms with Crippen LogP contribution in [0.25, 0.3) is 0 Å². The smallest absolute Gasteiger partial charge is 0.303 e. The Bertz CT molecular complexity index is 703. The molecule has 0 spiro atoms. The fourth-order valence-corrected chi connectivity index (χ4v) is 3.26. The van der Waals surface area contributed by atoms with Crippen LogP contribution >= 0.6 is 0 Å².